The van der Waals surface area contributed by atoms with Gasteiger partial charge in [0.05, 0.1) is 6.20 Å². The number of aromatic nitrogens is 3. The molecule has 0 aliphatic rings. The van der Waals surface area contributed by atoms with E-state index < -0.39 is 0 Å². The van der Waals surface area contributed by atoms with E-state index in [1.807, 2.05) is 31.2 Å². The maximum Gasteiger partial charge on any atom is 0.255 e. The van der Waals surface area contributed by atoms with Gasteiger partial charge >= 0.3 is 0 Å². The van der Waals surface area contributed by atoms with Crippen LogP contribution in [0.4, 0.5) is 5.69 Å². The third-order valence-electron chi connectivity index (χ3n) is 4.02. The van der Waals surface area contributed by atoms with Crippen LogP contribution < -0.4 is 5.32 Å². The first-order valence-corrected chi connectivity index (χ1v) is 8.48. The molecule has 0 bridgehead atoms. The van der Waals surface area contributed by atoms with Crippen LogP contribution in [0.3, 0.4) is 0 Å². The molecule has 0 saturated heterocycles. The Bertz CT molecular complexity index is 1050. The largest absolute Gasteiger partial charge is 0.356 e. The molecule has 0 unspecified atom stereocenters. The van der Waals surface area contributed by atoms with E-state index >= 15 is 0 Å². The van der Waals surface area contributed by atoms with Crippen LogP contribution in [0.5, 0.6) is 0 Å². The second-order valence-corrected chi connectivity index (χ2v) is 5.85. The number of amides is 1. The van der Waals surface area contributed by atoms with Crippen molar-refractivity contribution in [3.05, 3.63) is 72.2 Å². The zero-order valence-corrected chi connectivity index (χ0v) is 14.5. The molecule has 2 aromatic carbocycles. The van der Waals surface area contributed by atoms with Crippen LogP contribution in [0, 0.1) is 0 Å². The third kappa shape index (κ3) is 3.62. The molecule has 1 amide bonds. The minimum atomic E-state index is -0.210. The number of hydrogen-bond donors (Lipinski definition) is 1. The Morgan fingerprint density at radius 2 is 1.89 bits per heavy atom. The van der Waals surface area contributed by atoms with E-state index in [1.165, 1.54) is 0 Å². The number of carbonyl (C=O) groups is 1. The molecule has 7 heteroatoms. The number of benzene rings is 2. The van der Waals surface area contributed by atoms with Gasteiger partial charge in [0, 0.05) is 34.9 Å². The van der Waals surface area contributed by atoms with Crippen LogP contribution in [-0.2, 0) is 6.42 Å². The number of nitrogens with zero attached hydrogens (tertiary/aromatic N) is 3. The molecule has 134 valence electrons. The highest BCUT2D eigenvalue weighted by molar-refractivity contribution is 6.04. The van der Waals surface area contributed by atoms with Crippen LogP contribution in [0.15, 0.2) is 69.8 Å². The molecule has 0 fully saturated rings. The summed E-state index contributed by atoms with van der Waals surface area (Å²) < 4.78 is 10.3. The third-order valence-corrected chi connectivity index (χ3v) is 4.02. The van der Waals surface area contributed by atoms with Gasteiger partial charge < -0.3 is 14.4 Å². The zero-order valence-electron chi connectivity index (χ0n) is 14.5. The number of rotatable bonds is 5. The number of anilines is 1. The zero-order chi connectivity index (χ0) is 18.6. The first-order chi connectivity index (χ1) is 13.2. The Morgan fingerprint density at radius 3 is 2.59 bits per heavy atom. The number of carbonyl (C=O) groups excluding carboxylic acids is 1. The molecular weight excluding hydrogens is 344 g/mol. The Labute approximate surface area is 155 Å². The lowest BCUT2D eigenvalue weighted by molar-refractivity contribution is 0.102. The first-order valence-electron chi connectivity index (χ1n) is 8.48. The van der Waals surface area contributed by atoms with E-state index in [-0.39, 0.29) is 5.91 Å². The van der Waals surface area contributed by atoms with Gasteiger partial charge in [-0.15, -0.1) is 0 Å². The first kappa shape index (κ1) is 16.7. The van der Waals surface area contributed by atoms with Crippen molar-refractivity contribution in [2.75, 3.05) is 5.32 Å². The van der Waals surface area contributed by atoms with E-state index in [1.54, 1.807) is 36.5 Å². The standard InChI is InChI=1S/C20H16N4O3/c1-2-18-23-19(24-27-18)13-6-8-14(9-7-13)20(25)22-16-5-3-4-15(12-16)17-10-11-21-26-17/h3-12H,2H2,1H3,(H,22,25). The summed E-state index contributed by atoms with van der Waals surface area (Å²) in [6, 6.07) is 16.2. The summed E-state index contributed by atoms with van der Waals surface area (Å²) in [7, 11) is 0. The van der Waals surface area contributed by atoms with Crippen LogP contribution in [0.25, 0.3) is 22.7 Å². The van der Waals surface area contributed by atoms with Crippen LogP contribution >= 0.6 is 0 Å². The molecule has 0 spiro atoms. The Hall–Kier alpha value is -3.74. The van der Waals surface area contributed by atoms with Crippen molar-refractivity contribution in [2.24, 2.45) is 0 Å². The van der Waals surface area contributed by atoms with Gasteiger partial charge in [0.25, 0.3) is 5.91 Å². The highest BCUT2D eigenvalue weighted by Gasteiger charge is 2.11. The number of nitrogens with one attached hydrogen (secondary N) is 1. The molecule has 0 aliphatic carbocycles. The average molecular weight is 360 g/mol. The monoisotopic (exact) mass is 360 g/mol. The van der Waals surface area contributed by atoms with E-state index in [2.05, 4.69) is 20.6 Å². The van der Waals surface area contributed by atoms with Crippen molar-refractivity contribution in [3.63, 3.8) is 0 Å². The topological polar surface area (TPSA) is 94.1 Å². The summed E-state index contributed by atoms with van der Waals surface area (Å²) in [6.07, 6.45) is 2.26. The minimum Gasteiger partial charge on any atom is -0.356 e. The van der Waals surface area contributed by atoms with Crippen molar-refractivity contribution in [1.82, 2.24) is 15.3 Å². The second-order valence-electron chi connectivity index (χ2n) is 5.85. The van der Waals surface area contributed by atoms with Crippen LogP contribution in [0.1, 0.15) is 23.2 Å². The fourth-order valence-electron chi connectivity index (χ4n) is 2.60. The summed E-state index contributed by atoms with van der Waals surface area (Å²) in [6.45, 7) is 1.95. The molecule has 1 N–H and O–H groups in total. The fraction of sp³-hybridized carbons (Fsp3) is 0.100. The van der Waals surface area contributed by atoms with Crippen LogP contribution in [-0.4, -0.2) is 21.2 Å². The van der Waals surface area contributed by atoms with Gasteiger partial charge in [-0.2, -0.15) is 4.98 Å². The van der Waals surface area contributed by atoms with Crippen molar-refractivity contribution < 1.29 is 13.8 Å². The van der Waals surface area contributed by atoms with Crippen molar-refractivity contribution in [1.29, 1.82) is 0 Å². The molecule has 4 aromatic rings. The molecule has 27 heavy (non-hydrogen) atoms. The molecule has 2 heterocycles. The number of aryl methyl sites for hydroxylation is 1. The summed E-state index contributed by atoms with van der Waals surface area (Å²) >= 11 is 0. The Balaban J connectivity index is 1.49. The smallest absolute Gasteiger partial charge is 0.255 e. The van der Waals surface area contributed by atoms with Gasteiger partial charge in [-0.25, -0.2) is 0 Å². The van der Waals surface area contributed by atoms with Gasteiger partial charge in [-0.05, 0) is 24.3 Å². The second kappa shape index (κ2) is 7.25. The highest BCUT2D eigenvalue weighted by atomic mass is 16.5. The maximum absolute atomic E-state index is 12.5. The van der Waals surface area contributed by atoms with E-state index in [9.17, 15) is 4.79 Å². The predicted octanol–water partition coefficient (Wildman–Crippen LogP) is 4.21. The van der Waals surface area contributed by atoms with Crippen molar-refractivity contribution >= 4 is 11.6 Å². The maximum atomic E-state index is 12.5. The van der Waals surface area contributed by atoms with E-state index in [0.29, 0.717) is 35.1 Å². The van der Waals surface area contributed by atoms with Crippen LogP contribution in [0.2, 0.25) is 0 Å². The van der Waals surface area contributed by atoms with Gasteiger partial charge in [-0.1, -0.05) is 41.5 Å². The predicted molar refractivity (Wildman–Crippen MR) is 99.0 cm³/mol. The molecule has 7 nitrogen and oxygen atoms in total. The minimum absolute atomic E-state index is 0.210. The normalized spacial score (nSPS) is 10.7. The fourth-order valence-corrected chi connectivity index (χ4v) is 2.60. The average Bonchev–Trinajstić information content (AvgIpc) is 3.40. The molecular formula is C20H16N4O3. The summed E-state index contributed by atoms with van der Waals surface area (Å²) in [5, 5.41) is 10.5. The molecule has 2 aromatic heterocycles. The molecule has 4 rings (SSSR count). The molecule has 0 atom stereocenters. The Morgan fingerprint density at radius 1 is 1.04 bits per heavy atom. The van der Waals surface area contributed by atoms with Gasteiger partial charge in [0.15, 0.2) is 5.76 Å². The summed E-state index contributed by atoms with van der Waals surface area (Å²) in [4.78, 5) is 16.8. The van der Waals surface area contributed by atoms with Gasteiger partial charge in [0.2, 0.25) is 11.7 Å². The molecule has 0 saturated carbocycles. The van der Waals surface area contributed by atoms with Gasteiger partial charge in [-0.3, -0.25) is 4.79 Å². The van der Waals surface area contributed by atoms with E-state index in [0.717, 1.165) is 11.1 Å². The molecule has 0 aliphatic heterocycles. The van der Waals surface area contributed by atoms with Gasteiger partial charge in [0.1, 0.15) is 0 Å². The number of hydrogen-bond acceptors (Lipinski definition) is 6. The quantitative estimate of drug-likeness (QED) is 0.573. The lowest BCUT2D eigenvalue weighted by atomic mass is 10.1. The lowest BCUT2D eigenvalue weighted by Gasteiger charge is -2.07. The summed E-state index contributed by atoms with van der Waals surface area (Å²) in [5.74, 6) is 1.53. The summed E-state index contributed by atoms with van der Waals surface area (Å²) in [5.41, 5.74) is 2.83. The SMILES string of the molecule is CCc1nc(-c2ccc(C(=O)Nc3cccc(-c4ccno4)c3)cc2)no1. The van der Waals surface area contributed by atoms with Crippen molar-refractivity contribution in [3.8, 4) is 22.7 Å². The van der Waals surface area contributed by atoms with Crippen molar-refractivity contribution in [2.45, 2.75) is 13.3 Å². The molecule has 0 radical (unpaired) electrons. The van der Waals surface area contributed by atoms with E-state index in [4.69, 9.17) is 9.05 Å². The Kier molecular flexibility index (Phi) is 4.49. The lowest BCUT2D eigenvalue weighted by Crippen LogP contribution is -2.11. The highest BCUT2D eigenvalue weighted by Crippen LogP contribution is 2.23.